The molecule has 0 spiro atoms. The lowest BCUT2D eigenvalue weighted by Gasteiger charge is -2.28. The Bertz CT molecular complexity index is 5830. The van der Waals surface area contributed by atoms with E-state index >= 15 is 0 Å². The van der Waals surface area contributed by atoms with Crippen LogP contribution in [0.25, 0.3) is 67.5 Å². The maximum Gasteiger partial charge on any atom is 0.376 e. The third-order valence-corrected chi connectivity index (χ3v) is 20.8. The Morgan fingerprint density at radius 1 is 0.496 bits per heavy atom. The van der Waals surface area contributed by atoms with Crippen LogP contribution in [0.4, 0.5) is 19.0 Å². The van der Waals surface area contributed by atoms with Crippen LogP contribution in [0.15, 0.2) is 215 Å². The molecule has 2 saturated heterocycles. The molecule has 0 aromatic carbocycles. The standard InChI is InChI=1S/C14H15N7.C12H10N4S.2C11H8FN3OS.C11H9N5OS.C8H9FN2O2.C5H13BN2O.C5H5IN2S/c1-2-10-12(19-20-13(10)16-4-1)14-17-5-3-11(18-14)21-8-6-15-7-9-21;1-17-8-4-6-13-10(7-8)11-9-3-2-5-14-12(9)16-15-11;2*1-17-8-4-6-14-11(15-8)9(16)7-3-2-5-13-10(7)12;1-18(17)8-4-6-13-11(14-8)9-7-3-2-5-12-10(7)16-15-9;1-11(13-2)8(12)6-4-3-5-10-7(6)9;1-6(9)8-4-2-7-3-5-8;1-9-4-2-3-7-5(6)8-4/h1-5,15H,6-9H2,(H,16,19,20);2-7H,1H3,(H,14,15,16);2*2-6H,1H3;2-6H,1H3,(H,12,15,16);3-5H,1-2H3;7,9H,2-5H2,1H3;2-3H,1H3. The highest BCUT2D eigenvalue weighted by molar-refractivity contribution is 14.1. The summed E-state index contributed by atoms with van der Waals surface area (Å²) >= 11 is 8.19. The summed E-state index contributed by atoms with van der Waals surface area (Å²) in [5.41, 5.74) is 4.99. The molecular formula is C77H77BF3IN28O6S5. The predicted molar refractivity (Wildman–Crippen MR) is 467 cm³/mol. The van der Waals surface area contributed by atoms with Crippen molar-refractivity contribution < 1.29 is 41.6 Å². The molecule has 2 aliphatic heterocycles. The highest BCUT2D eigenvalue weighted by atomic mass is 127. The number of rotatable bonds is 16. The van der Waals surface area contributed by atoms with Gasteiger partial charge in [-0.25, -0.2) is 84.8 Å². The first kappa shape index (κ1) is 91.7. The van der Waals surface area contributed by atoms with Gasteiger partial charge in [0.15, 0.2) is 32.4 Å². The highest BCUT2D eigenvalue weighted by Crippen LogP contribution is 2.28. The fraction of sp³-hybridized carbons (Fsp3) is 0.208. The number of pyridine rings is 7. The summed E-state index contributed by atoms with van der Waals surface area (Å²) in [5, 5.41) is 43.5. The van der Waals surface area contributed by atoms with Crippen molar-refractivity contribution in [3.8, 4) is 34.4 Å². The van der Waals surface area contributed by atoms with Gasteiger partial charge in [0.1, 0.15) is 27.3 Å². The Morgan fingerprint density at radius 3 is 1.36 bits per heavy atom. The van der Waals surface area contributed by atoms with Gasteiger partial charge in [0.25, 0.3) is 5.91 Å². The van der Waals surface area contributed by atoms with Crippen LogP contribution in [0.3, 0.4) is 0 Å². The maximum atomic E-state index is 13.3. The normalized spacial score (nSPS) is 12.4. The van der Waals surface area contributed by atoms with Crippen molar-refractivity contribution in [1.82, 2.24) is 136 Å². The minimum Gasteiger partial charge on any atom is -0.437 e. The summed E-state index contributed by atoms with van der Waals surface area (Å²) in [6, 6.07) is 32.9. The average molecular weight is 1850 g/mol. The van der Waals surface area contributed by atoms with Crippen molar-refractivity contribution in [2.45, 2.75) is 31.8 Å². The second-order valence-electron chi connectivity index (χ2n) is 24.4. The van der Waals surface area contributed by atoms with E-state index in [0.29, 0.717) is 43.7 Å². The zero-order chi connectivity index (χ0) is 86.0. The molecule has 0 saturated carbocycles. The number of carbonyl (C=O) groups excluding carboxylic acids is 3. The number of nitrogens with one attached hydrogen (secondary N) is 5. The third-order valence-electron chi connectivity index (χ3n) is 16.8. The summed E-state index contributed by atoms with van der Waals surface area (Å²) in [4.78, 5) is 114. The minimum atomic E-state index is -1.14. The number of piperazine rings is 2. The fourth-order valence-electron chi connectivity index (χ4n) is 10.7. The lowest BCUT2D eigenvalue weighted by molar-refractivity contribution is -0.0760. The minimum absolute atomic E-state index is 0.0243. The number of hydrogen-bond acceptors (Lipinski definition) is 34. The van der Waals surface area contributed by atoms with E-state index in [2.05, 4.69) is 163 Å². The van der Waals surface area contributed by atoms with E-state index in [0.717, 1.165) is 111 Å². The van der Waals surface area contributed by atoms with E-state index < -0.39 is 46.1 Å². The molecule has 6 N–H and O–H groups in total. The Balaban J connectivity index is 0.000000147. The molecule has 2 fully saturated rings. The van der Waals surface area contributed by atoms with Crippen LogP contribution in [0.1, 0.15) is 42.7 Å². The number of H-pyrrole nitrogens is 3. The van der Waals surface area contributed by atoms with Gasteiger partial charge in [-0.05, 0) is 147 Å². The first-order valence-corrected chi connectivity index (χ1v) is 43.8. The van der Waals surface area contributed by atoms with Gasteiger partial charge in [-0.3, -0.25) is 43.7 Å². The number of nitrogens with zero attached hydrogens (tertiary/aromatic N) is 23. The van der Waals surface area contributed by atoms with E-state index in [-0.39, 0.29) is 35.4 Å². The molecule has 17 rings (SSSR count). The number of carbonyl (C=O) groups is 3. The maximum absolute atomic E-state index is 13.3. The summed E-state index contributed by atoms with van der Waals surface area (Å²) in [6.07, 6.45) is 28.2. The Kier molecular flexibility index (Phi) is 35.9. The molecule has 0 bridgehead atoms. The monoisotopic (exact) mass is 1840 g/mol. The number of amides is 1. The Labute approximate surface area is 724 Å². The lowest BCUT2D eigenvalue weighted by Crippen LogP contribution is -2.49. The fourth-order valence-corrected chi connectivity index (χ4v) is 13.3. The smallest absolute Gasteiger partial charge is 0.376 e. The molecule has 0 radical (unpaired) electrons. The zero-order valence-corrected chi connectivity index (χ0v) is 72.2. The molecule has 44 heteroatoms. The molecule has 0 aliphatic carbocycles. The first-order chi connectivity index (χ1) is 58.8. The largest absolute Gasteiger partial charge is 0.437 e. The van der Waals surface area contributed by atoms with Gasteiger partial charge in [0.05, 0.1) is 56.0 Å². The number of aromatic nitrogens is 23. The van der Waals surface area contributed by atoms with Crippen molar-refractivity contribution in [2.24, 2.45) is 0 Å². The van der Waals surface area contributed by atoms with Gasteiger partial charge >= 0.3 is 7.05 Å². The lowest BCUT2D eigenvalue weighted by atomic mass is 9.84. The van der Waals surface area contributed by atoms with Gasteiger partial charge in [0.2, 0.25) is 41.1 Å². The van der Waals surface area contributed by atoms with Gasteiger partial charge in [0, 0.05) is 184 Å². The second kappa shape index (κ2) is 47.4. The van der Waals surface area contributed by atoms with Gasteiger partial charge in [-0.1, -0.05) is 0 Å². The van der Waals surface area contributed by atoms with Crippen LogP contribution in [0.5, 0.6) is 0 Å². The number of ketones is 2. The van der Waals surface area contributed by atoms with E-state index in [1.807, 2.05) is 98.7 Å². The third kappa shape index (κ3) is 26.5. The molecule has 1 unspecified atom stereocenters. The van der Waals surface area contributed by atoms with Crippen LogP contribution in [0, 0.1) is 21.7 Å². The Morgan fingerprint density at radius 2 is 0.917 bits per heavy atom. The van der Waals surface area contributed by atoms with Gasteiger partial charge < -0.3 is 25.4 Å². The van der Waals surface area contributed by atoms with Gasteiger partial charge in [-0.2, -0.15) is 28.5 Å². The molecule has 15 aromatic rings. The molecule has 17 heterocycles. The number of aromatic amines is 3. The summed E-state index contributed by atoms with van der Waals surface area (Å²) in [7, 11) is 1.32. The molecule has 15 aromatic heterocycles. The molecule has 2 aliphatic rings. The second-order valence-corrected chi connectivity index (χ2v) is 30.1. The van der Waals surface area contributed by atoms with Crippen LogP contribution in [-0.4, -0.2) is 257 Å². The first-order valence-electron chi connectivity index (χ1n) is 36.3. The van der Waals surface area contributed by atoms with Gasteiger partial charge in [-0.15, -0.1) is 47.0 Å². The highest BCUT2D eigenvalue weighted by Gasteiger charge is 2.23. The van der Waals surface area contributed by atoms with Crippen molar-refractivity contribution in [2.75, 3.05) is 103 Å². The Hall–Kier alpha value is -11.6. The number of fused-ring (bicyclic) bond motifs is 3. The van der Waals surface area contributed by atoms with Crippen LogP contribution >= 0.6 is 69.6 Å². The SMILES string of the molecule is CB(O)N1CCNCC1.CON(C)C(=O)c1cccnc1F.CS(=O)c1ccnc(-c2[nH]nc3ncccc23)n1.CSc1ccnc(-c2[nH]nc3ncccc23)c1.CSc1ccnc(C(=O)c2cccnc2F)n1.CSc1ccnc(C(=O)c2cccnc2F)n1.CSc1ccnc(I)n1.c1cnc2n[nH]c(-c3nccc(N4CCNCC4)n3)c2c1. The molecule has 1 atom stereocenters. The van der Waals surface area contributed by atoms with E-state index in [9.17, 15) is 31.8 Å². The van der Waals surface area contributed by atoms with Crippen LogP contribution in [-0.2, 0) is 15.6 Å². The number of hydrogen-bond donors (Lipinski definition) is 6. The zero-order valence-electron chi connectivity index (χ0n) is 66.0. The molecule has 34 nitrogen and oxygen atoms in total. The number of halogens is 4. The number of hydroxylamine groups is 2. The van der Waals surface area contributed by atoms with Crippen molar-refractivity contribution in [3.63, 3.8) is 0 Å². The van der Waals surface area contributed by atoms with Crippen molar-refractivity contribution in [3.05, 3.63) is 240 Å². The van der Waals surface area contributed by atoms with Crippen LogP contribution in [0.2, 0.25) is 6.82 Å². The van der Waals surface area contributed by atoms with Crippen molar-refractivity contribution in [1.29, 1.82) is 0 Å². The molecule has 1 amide bonds. The average Bonchev–Trinajstić information content (AvgIpc) is 1.62. The topological polar surface area (TPSA) is 437 Å². The van der Waals surface area contributed by atoms with Crippen molar-refractivity contribution >= 4 is 144 Å². The summed E-state index contributed by atoms with van der Waals surface area (Å²) in [6.45, 7) is 9.65. The van der Waals surface area contributed by atoms with E-state index in [4.69, 9.17) is 5.02 Å². The van der Waals surface area contributed by atoms with E-state index in [1.54, 1.807) is 85.2 Å². The number of thioether (sulfide) groups is 4. The van der Waals surface area contributed by atoms with Crippen LogP contribution < -0.4 is 15.5 Å². The van der Waals surface area contributed by atoms with E-state index in [1.165, 1.54) is 110 Å². The molecule has 622 valence electrons. The predicted octanol–water partition coefficient (Wildman–Crippen LogP) is 10.3. The summed E-state index contributed by atoms with van der Waals surface area (Å²) < 4.78 is 51.8. The number of anilines is 1. The summed E-state index contributed by atoms with van der Waals surface area (Å²) in [5.74, 6) is -2.07. The molecular weight excluding hydrogens is 1770 g/mol. The quantitative estimate of drug-likeness (QED) is 0.00765. The molecule has 121 heavy (non-hydrogen) atoms.